The molecule has 0 radical (unpaired) electrons. The molecule has 2 aromatic carbocycles. The molecule has 26 heavy (non-hydrogen) atoms. The van der Waals surface area contributed by atoms with Crippen molar-refractivity contribution in [3.8, 4) is 11.5 Å². The van der Waals surface area contributed by atoms with E-state index in [4.69, 9.17) is 21.1 Å². The van der Waals surface area contributed by atoms with Gasteiger partial charge in [-0.15, -0.1) is 5.10 Å². The maximum atomic E-state index is 11.9. The van der Waals surface area contributed by atoms with Gasteiger partial charge in [-0.1, -0.05) is 17.7 Å². The molecule has 0 bridgehead atoms. The number of fused-ring (bicyclic) bond motifs is 1. The van der Waals surface area contributed by atoms with Gasteiger partial charge in [0, 0.05) is 19.0 Å². The highest BCUT2D eigenvalue weighted by Crippen LogP contribution is 2.37. The Bertz CT molecular complexity index is 885. The maximum Gasteiger partial charge on any atom is 0.231 e. The third-order valence-corrected chi connectivity index (χ3v) is 4.45. The Hall–Kier alpha value is -2.77. The van der Waals surface area contributed by atoms with Crippen LogP contribution in [0.5, 0.6) is 11.5 Å². The predicted octanol–water partition coefficient (Wildman–Crippen LogP) is 2.93. The number of rotatable bonds is 3. The Labute approximate surface area is 155 Å². The van der Waals surface area contributed by atoms with Crippen LogP contribution in [0.4, 0.5) is 5.69 Å². The quantitative estimate of drug-likeness (QED) is 0.893. The lowest BCUT2D eigenvalue weighted by Gasteiger charge is -2.39. The van der Waals surface area contributed by atoms with Crippen molar-refractivity contribution in [3.63, 3.8) is 0 Å². The van der Waals surface area contributed by atoms with Crippen LogP contribution in [0, 0.1) is 0 Å². The fourth-order valence-electron chi connectivity index (χ4n) is 2.93. The minimum absolute atomic E-state index is 0.136. The largest absolute Gasteiger partial charge is 0.454 e. The van der Waals surface area contributed by atoms with Gasteiger partial charge in [0.25, 0.3) is 0 Å². The molecule has 4 rings (SSSR count). The highest BCUT2D eigenvalue weighted by molar-refractivity contribution is 6.37. The molecule has 2 aliphatic heterocycles. The molecule has 0 aromatic heterocycles. The van der Waals surface area contributed by atoms with Crippen LogP contribution in [0.25, 0.3) is 0 Å². The number of hydrazone groups is 1. The van der Waals surface area contributed by atoms with Gasteiger partial charge >= 0.3 is 0 Å². The molecule has 0 aliphatic carbocycles. The zero-order chi connectivity index (χ0) is 18.3. The van der Waals surface area contributed by atoms with Gasteiger partial charge in [0.15, 0.2) is 17.3 Å². The normalized spacial score (nSPS) is 18.7. The predicted molar refractivity (Wildman–Crippen MR) is 98.3 cm³/mol. The number of carbonyl (C=O) groups is 1. The van der Waals surface area contributed by atoms with E-state index in [1.807, 2.05) is 30.3 Å². The number of hydrazine groups is 1. The van der Waals surface area contributed by atoms with Crippen molar-refractivity contribution in [2.75, 3.05) is 18.8 Å². The van der Waals surface area contributed by atoms with E-state index >= 15 is 0 Å². The van der Waals surface area contributed by atoms with E-state index in [0.29, 0.717) is 22.4 Å². The summed E-state index contributed by atoms with van der Waals surface area (Å²) in [5.74, 6) is 1.58. The molecule has 0 saturated heterocycles. The van der Waals surface area contributed by atoms with Gasteiger partial charge < -0.3 is 9.47 Å². The monoisotopic (exact) mass is 372 g/mol. The minimum Gasteiger partial charge on any atom is -0.454 e. The Morgan fingerprint density at radius 3 is 2.65 bits per heavy atom. The number of ether oxygens (including phenoxy) is 2. The molecule has 0 amide bonds. The first-order valence-corrected chi connectivity index (χ1v) is 8.44. The van der Waals surface area contributed by atoms with E-state index < -0.39 is 0 Å². The lowest BCUT2D eigenvalue weighted by Crippen LogP contribution is -2.54. The molecule has 2 aliphatic rings. The smallest absolute Gasteiger partial charge is 0.231 e. The molecule has 134 valence electrons. The van der Waals surface area contributed by atoms with Crippen molar-refractivity contribution < 1.29 is 14.3 Å². The van der Waals surface area contributed by atoms with E-state index in [0.717, 1.165) is 11.3 Å². The number of halogens is 1. The summed E-state index contributed by atoms with van der Waals surface area (Å²) in [5, 5.41) is 8.58. The lowest BCUT2D eigenvalue weighted by molar-refractivity contribution is -0.112. The van der Waals surface area contributed by atoms with Gasteiger partial charge in [-0.3, -0.25) is 9.80 Å². The molecule has 1 unspecified atom stereocenters. The van der Waals surface area contributed by atoms with Gasteiger partial charge in [0.1, 0.15) is 6.17 Å². The summed E-state index contributed by atoms with van der Waals surface area (Å²) in [6.45, 7) is 1.70. The van der Waals surface area contributed by atoms with Crippen LogP contribution in [0.1, 0.15) is 18.7 Å². The maximum absolute atomic E-state index is 11.9. The molecule has 2 heterocycles. The van der Waals surface area contributed by atoms with Crippen LogP contribution in [0.15, 0.2) is 47.6 Å². The van der Waals surface area contributed by atoms with E-state index in [1.54, 1.807) is 29.2 Å². The third kappa shape index (κ3) is 2.95. The van der Waals surface area contributed by atoms with Crippen molar-refractivity contribution >= 4 is 28.9 Å². The van der Waals surface area contributed by atoms with Crippen molar-refractivity contribution in [1.82, 2.24) is 10.4 Å². The van der Waals surface area contributed by atoms with Gasteiger partial charge in [0.05, 0.1) is 5.69 Å². The topological polar surface area (TPSA) is 66.4 Å². The molecule has 8 heteroatoms. The number of ketones is 1. The number of anilines is 1. The van der Waals surface area contributed by atoms with E-state index in [9.17, 15) is 4.79 Å². The van der Waals surface area contributed by atoms with Crippen LogP contribution in [-0.4, -0.2) is 30.5 Å². The number of hydrogen-bond acceptors (Lipinski definition) is 7. The van der Waals surface area contributed by atoms with Crippen molar-refractivity contribution in [2.45, 2.75) is 13.1 Å². The number of benzene rings is 2. The van der Waals surface area contributed by atoms with Gasteiger partial charge in [-0.2, -0.15) is 0 Å². The van der Waals surface area contributed by atoms with Gasteiger partial charge in [-0.05, 0) is 42.0 Å². The first-order chi connectivity index (χ1) is 12.5. The molecule has 0 saturated carbocycles. The number of hydrogen-bond donors (Lipinski definition) is 1. The SMILES string of the molecule is CC(=O)C1=NN(c2ccc(Cl)cc2)C(c2ccc3c(c2)OCO3)NN1C. The summed E-state index contributed by atoms with van der Waals surface area (Å²) in [4.78, 5) is 11.9. The average molecular weight is 373 g/mol. The Morgan fingerprint density at radius 2 is 1.92 bits per heavy atom. The zero-order valence-corrected chi connectivity index (χ0v) is 15.0. The minimum atomic E-state index is -0.334. The summed E-state index contributed by atoms with van der Waals surface area (Å²) in [6.07, 6.45) is -0.334. The van der Waals surface area contributed by atoms with Crippen LogP contribution < -0.4 is 19.9 Å². The number of nitrogens with zero attached hydrogens (tertiary/aromatic N) is 3. The fourth-order valence-corrected chi connectivity index (χ4v) is 3.06. The van der Waals surface area contributed by atoms with E-state index in [-0.39, 0.29) is 18.7 Å². The van der Waals surface area contributed by atoms with Crippen LogP contribution in [0.2, 0.25) is 5.02 Å². The van der Waals surface area contributed by atoms with Crippen molar-refractivity contribution in [1.29, 1.82) is 0 Å². The Kier molecular flexibility index (Phi) is 4.18. The van der Waals surface area contributed by atoms with Crippen molar-refractivity contribution in [3.05, 3.63) is 53.1 Å². The summed E-state index contributed by atoms with van der Waals surface area (Å²) in [6, 6.07) is 13.0. The van der Waals surface area contributed by atoms with Crippen LogP contribution in [0.3, 0.4) is 0 Å². The average Bonchev–Trinajstić information content (AvgIpc) is 3.09. The second-order valence-electron chi connectivity index (χ2n) is 6.00. The summed E-state index contributed by atoms with van der Waals surface area (Å²) < 4.78 is 10.9. The number of likely N-dealkylation sites (N-methyl/N-ethyl adjacent to an activating group) is 1. The first-order valence-electron chi connectivity index (χ1n) is 8.07. The summed E-state index contributed by atoms with van der Waals surface area (Å²) in [7, 11) is 1.76. The molecular weight excluding hydrogens is 356 g/mol. The van der Waals surface area contributed by atoms with Crippen molar-refractivity contribution in [2.24, 2.45) is 5.10 Å². The Balaban J connectivity index is 1.78. The molecule has 7 nitrogen and oxygen atoms in total. The van der Waals surface area contributed by atoms with Crippen LogP contribution in [-0.2, 0) is 4.79 Å². The number of Topliss-reactive ketones (excluding diaryl/α,β-unsaturated/α-hetero) is 1. The van der Waals surface area contributed by atoms with E-state index in [2.05, 4.69) is 10.5 Å². The fraction of sp³-hybridized carbons (Fsp3) is 0.222. The zero-order valence-electron chi connectivity index (χ0n) is 14.3. The first kappa shape index (κ1) is 16.7. The lowest BCUT2D eigenvalue weighted by atomic mass is 10.1. The van der Waals surface area contributed by atoms with Crippen LogP contribution >= 0.6 is 11.6 Å². The molecular formula is C18H17ClN4O3. The second-order valence-corrected chi connectivity index (χ2v) is 6.44. The van der Waals surface area contributed by atoms with E-state index in [1.165, 1.54) is 6.92 Å². The number of carbonyl (C=O) groups excluding carboxylic acids is 1. The second kappa shape index (κ2) is 6.51. The molecule has 2 aromatic rings. The number of nitrogens with one attached hydrogen (secondary N) is 1. The Morgan fingerprint density at radius 1 is 1.19 bits per heavy atom. The summed E-state index contributed by atoms with van der Waals surface area (Å²) >= 11 is 6.01. The molecule has 0 spiro atoms. The molecule has 0 fully saturated rings. The van der Waals surface area contributed by atoms with Gasteiger partial charge in [-0.25, -0.2) is 10.4 Å². The highest BCUT2D eigenvalue weighted by Gasteiger charge is 2.31. The molecule has 1 atom stereocenters. The standard InChI is InChI=1S/C18H17ClN4O3/c1-11(24)17-21-23(14-6-4-13(19)5-7-14)18(20-22(17)2)12-3-8-15-16(9-12)26-10-25-15/h3-9,18,20H,10H2,1-2H3. The molecule has 1 N–H and O–H groups in total. The third-order valence-electron chi connectivity index (χ3n) is 4.20. The van der Waals surface area contributed by atoms with Gasteiger partial charge in [0.2, 0.25) is 12.6 Å². The summed E-state index contributed by atoms with van der Waals surface area (Å²) in [5.41, 5.74) is 5.02. The highest BCUT2D eigenvalue weighted by atomic mass is 35.5. The number of amidine groups is 1.